The molecule has 0 saturated heterocycles. The number of ether oxygens (including phenoxy) is 2. The van der Waals surface area contributed by atoms with E-state index in [-0.39, 0.29) is 5.91 Å². The molecule has 0 aliphatic heterocycles. The van der Waals surface area contributed by atoms with Crippen molar-refractivity contribution in [2.75, 3.05) is 33.1 Å². The molecule has 1 amide bonds. The zero-order valence-electron chi connectivity index (χ0n) is 20.3. The van der Waals surface area contributed by atoms with Gasteiger partial charge in [-0.15, -0.1) is 0 Å². The van der Waals surface area contributed by atoms with Crippen molar-refractivity contribution in [1.82, 2.24) is 25.1 Å². The number of amides is 1. The van der Waals surface area contributed by atoms with Crippen LogP contribution < -0.4 is 14.8 Å². The van der Waals surface area contributed by atoms with Crippen molar-refractivity contribution < 1.29 is 14.3 Å². The van der Waals surface area contributed by atoms with Crippen molar-refractivity contribution in [1.29, 1.82) is 0 Å². The van der Waals surface area contributed by atoms with Crippen LogP contribution in [0.15, 0.2) is 42.9 Å². The number of aromatic nitrogens is 4. The molecule has 4 rings (SSSR count). The third-order valence-corrected chi connectivity index (χ3v) is 6.12. The molecule has 0 saturated carbocycles. The summed E-state index contributed by atoms with van der Waals surface area (Å²) in [6.45, 7) is 2.49. The zero-order valence-corrected chi connectivity index (χ0v) is 21.8. The Balaban J connectivity index is 1.63. The maximum Gasteiger partial charge on any atom is 0.237 e. The molecule has 1 atom stereocenters. The molecule has 0 radical (unpaired) electrons. The zero-order chi connectivity index (χ0) is 25.8. The molecule has 0 aliphatic carbocycles. The summed E-state index contributed by atoms with van der Waals surface area (Å²) in [4.78, 5) is 22.7. The van der Waals surface area contributed by atoms with Gasteiger partial charge in [0.1, 0.15) is 23.2 Å². The highest BCUT2D eigenvalue weighted by molar-refractivity contribution is 6.35. The monoisotopic (exact) mass is 528 g/mol. The number of nitrogens with one attached hydrogen (secondary N) is 2. The number of H-pyrrole nitrogens is 1. The molecular weight excluding hydrogens is 503 g/mol. The Bertz CT molecular complexity index is 1370. The Morgan fingerprint density at radius 2 is 1.92 bits per heavy atom. The average molecular weight is 529 g/mol. The average Bonchev–Trinajstić information content (AvgIpc) is 3.26. The van der Waals surface area contributed by atoms with Crippen LogP contribution >= 0.6 is 23.2 Å². The van der Waals surface area contributed by atoms with Crippen LogP contribution in [0, 0.1) is 0 Å². The van der Waals surface area contributed by atoms with E-state index in [1.54, 1.807) is 12.3 Å². The second-order valence-corrected chi connectivity index (χ2v) is 9.25. The molecule has 3 heterocycles. The first kappa shape index (κ1) is 25.7. The number of hydrogen-bond acceptors (Lipinski definition) is 7. The fraction of sp³-hybridized carbons (Fsp3) is 0.280. The lowest BCUT2D eigenvalue weighted by molar-refractivity contribution is -0.116. The number of benzene rings is 1. The minimum atomic E-state index is -0.410. The topological polar surface area (TPSA) is 105 Å². The Morgan fingerprint density at radius 3 is 2.61 bits per heavy atom. The van der Waals surface area contributed by atoms with Crippen LogP contribution in [-0.4, -0.2) is 58.7 Å². The first-order valence-corrected chi connectivity index (χ1v) is 11.9. The van der Waals surface area contributed by atoms with Gasteiger partial charge >= 0.3 is 0 Å². The molecular formula is C25H26Cl2N6O3. The summed E-state index contributed by atoms with van der Waals surface area (Å²) in [5.74, 6) is 0.798. The number of pyridine rings is 2. The summed E-state index contributed by atoms with van der Waals surface area (Å²) >= 11 is 12.6. The fourth-order valence-electron chi connectivity index (χ4n) is 3.73. The molecule has 0 fully saturated rings. The van der Waals surface area contributed by atoms with Crippen LogP contribution in [0.3, 0.4) is 0 Å². The highest BCUT2D eigenvalue weighted by atomic mass is 35.5. The lowest BCUT2D eigenvalue weighted by Gasteiger charge is -2.17. The standard InChI is InChI=1S/C25H26Cl2N6O3/c1-14(23-18(26)12-28-13-19(23)27)36-16-5-6-20-17(10-16)24(32-31-20)15-9-21(25(35-4)29-11-15)30-22(34)7-8-33(2)3/h5-6,9-14H,7-8H2,1-4H3,(H,30,34)(H,31,32)/t14-/m1/s1. The van der Waals surface area contributed by atoms with Gasteiger partial charge in [-0.05, 0) is 45.3 Å². The molecule has 188 valence electrons. The van der Waals surface area contributed by atoms with E-state index in [2.05, 4.69) is 25.5 Å². The first-order valence-electron chi connectivity index (χ1n) is 11.2. The molecule has 11 heteroatoms. The third kappa shape index (κ3) is 5.70. The van der Waals surface area contributed by atoms with Crippen LogP contribution in [0.2, 0.25) is 10.0 Å². The summed E-state index contributed by atoms with van der Waals surface area (Å²) < 4.78 is 11.5. The van der Waals surface area contributed by atoms with E-state index < -0.39 is 6.10 Å². The number of carbonyl (C=O) groups excluding carboxylic acids is 1. The van der Waals surface area contributed by atoms with Gasteiger partial charge in [-0.1, -0.05) is 23.2 Å². The maximum atomic E-state index is 12.4. The Hall–Kier alpha value is -3.40. The number of aromatic amines is 1. The summed E-state index contributed by atoms with van der Waals surface area (Å²) in [5.41, 5.74) is 3.31. The van der Waals surface area contributed by atoms with Gasteiger partial charge in [0.05, 0.1) is 22.7 Å². The van der Waals surface area contributed by atoms with Crippen LogP contribution in [0.25, 0.3) is 22.2 Å². The van der Waals surface area contributed by atoms with E-state index in [1.165, 1.54) is 19.5 Å². The predicted molar refractivity (Wildman–Crippen MR) is 141 cm³/mol. The highest BCUT2D eigenvalue weighted by Crippen LogP contribution is 2.36. The van der Waals surface area contributed by atoms with Crippen molar-refractivity contribution >= 4 is 45.7 Å². The highest BCUT2D eigenvalue weighted by Gasteiger charge is 2.18. The van der Waals surface area contributed by atoms with Crippen LogP contribution in [0.1, 0.15) is 25.0 Å². The number of nitrogens with zero attached hydrogens (tertiary/aromatic N) is 4. The minimum absolute atomic E-state index is 0.133. The number of carbonyl (C=O) groups is 1. The molecule has 1 aromatic carbocycles. The lowest BCUT2D eigenvalue weighted by Crippen LogP contribution is -2.21. The quantitative estimate of drug-likeness (QED) is 0.301. The number of hydrogen-bond donors (Lipinski definition) is 2. The maximum absolute atomic E-state index is 12.4. The van der Waals surface area contributed by atoms with Crippen molar-refractivity contribution in [3.8, 4) is 22.9 Å². The lowest BCUT2D eigenvalue weighted by atomic mass is 10.1. The van der Waals surface area contributed by atoms with E-state index in [4.69, 9.17) is 32.7 Å². The molecule has 0 unspecified atom stereocenters. The second-order valence-electron chi connectivity index (χ2n) is 8.44. The van der Waals surface area contributed by atoms with E-state index in [0.29, 0.717) is 57.1 Å². The SMILES string of the molecule is COc1ncc(-c2n[nH]c3ccc(O[C@H](C)c4c(Cl)cncc4Cl)cc23)cc1NC(=O)CCN(C)C. The molecule has 2 N–H and O–H groups in total. The summed E-state index contributed by atoms with van der Waals surface area (Å²) in [7, 11) is 5.34. The van der Waals surface area contributed by atoms with E-state index in [1.807, 2.05) is 44.1 Å². The van der Waals surface area contributed by atoms with Crippen LogP contribution in [-0.2, 0) is 4.79 Å². The van der Waals surface area contributed by atoms with Crippen LogP contribution in [0.4, 0.5) is 5.69 Å². The van der Waals surface area contributed by atoms with E-state index in [0.717, 1.165) is 10.9 Å². The van der Waals surface area contributed by atoms with E-state index in [9.17, 15) is 4.79 Å². The van der Waals surface area contributed by atoms with Crippen molar-refractivity contribution in [3.63, 3.8) is 0 Å². The van der Waals surface area contributed by atoms with Gasteiger partial charge < -0.3 is 19.7 Å². The smallest absolute Gasteiger partial charge is 0.237 e. The Kier molecular flexibility index (Phi) is 7.93. The second kappa shape index (κ2) is 11.1. The van der Waals surface area contributed by atoms with Crippen molar-refractivity contribution in [2.24, 2.45) is 0 Å². The van der Waals surface area contributed by atoms with Gasteiger partial charge in [0.2, 0.25) is 11.8 Å². The number of fused-ring (bicyclic) bond motifs is 1. The van der Waals surface area contributed by atoms with Gasteiger partial charge in [-0.2, -0.15) is 5.10 Å². The van der Waals surface area contributed by atoms with Gasteiger partial charge in [-0.25, -0.2) is 4.98 Å². The number of rotatable bonds is 9. The Morgan fingerprint density at radius 1 is 1.17 bits per heavy atom. The first-order chi connectivity index (χ1) is 17.3. The number of methoxy groups -OCH3 is 1. The van der Waals surface area contributed by atoms with Gasteiger partial charge in [-0.3, -0.25) is 14.9 Å². The van der Waals surface area contributed by atoms with Crippen molar-refractivity contribution in [2.45, 2.75) is 19.4 Å². The summed E-state index contributed by atoms with van der Waals surface area (Å²) in [5, 5.41) is 12.1. The normalized spacial score (nSPS) is 12.1. The molecule has 36 heavy (non-hydrogen) atoms. The number of halogens is 2. The summed E-state index contributed by atoms with van der Waals surface area (Å²) in [6, 6.07) is 7.39. The Labute approximate surface area is 218 Å². The third-order valence-electron chi connectivity index (χ3n) is 5.52. The minimum Gasteiger partial charge on any atom is -0.486 e. The van der Waals surface area contributed by atoms with Crippen molar-refractivity contribution in [3.05, 3.63) is 58.5 Å². The molecule has 0 spiro atoms. The van der Waals surface area contributed by atoms with Gasteiger partial charge in [0.25, 0.3) is 0 Å². The largest absolute Gasteiger partial charge is 0.486 e. The number of anilines is 1. The predicted octanol–water partition coefficient (Wildman–Crippen LogP) is 5.37. The molecule has 3 aromatic heterocycles. The molecule has 9 nitrogen and oxygen atoms in total. The van der Waals surface area contributed by atoms with Crippen LogP contribution in [0.5, 0.6) is 11.6 Å². The van der Waals surface area contributed by atoms with E-state index >= 15 is 0 Å². The van der Waals surface area contributed by atoms with Gasteiger partial charge in [0, 0.05) is 48.1 Å². The fourth-order valence-corrected chi connectivity index (χ4v) is 4.40. The molecule has 0 aliphatic rings. The molecule has 0 bridgehead atoms. The van der Waals surface area contributed by atoms with Gasteiger partial charge in [0.15, 0.2) is 0 Å². The summed E-state index contributed by atoms with van der Waals surface area (Å²) in [6.07, 6.45) is 4.65. The molecule has 4 aromatic rings.